The number of carbonyl (C=O) groups excluding carboxylic acids is 4. The fourth-order valence-corrected chi connectivity index (χ4v) is 12.2. The summed E-state index contributed by atoms with van der Waals surface area (Å²) >= 11 is 0. The first-order valence-electron chi connectivity index (χ1n) is 38.5. The summed E-state index contributed by atoms with van der Waals surface area (Å²) in [5.41, 5.74) is 7.82. The molecule has 612 valence electrons. The molecule has 2 aliphatic rings. The molecule has 2 fully saturated rings. The van der Waals surface area contributed by atoms with Gasteiger partial charge in [0.1, 0.15) is 69.3 Å². The van der Waals surface area contributed by atoms with E-state index >= 15 is 0 Å². The molecule has 0 radical (unpaired) electrons. The normalized spacial score (nSPS) is 12.4. The summed E-state index contributed by atoms with van der Waals surface area (Å²) < 4.78 is 5.37. The highest BCUT2D eigenvalue weighted by molar-refractivity contribution is 6.06. The third-order valence-electron chi connectivity index (χ3n) is 18.2. The molecule has 1 aromatic carbocycles. The molecule has 120 heavy (non-hydrogen) atoms. The first kappa shape index (κ1) is 84.8. The number of nitrogens with zero attached hydrogens (tertiary/aromatic N) is 23. The van der Waals surface area contributed by atoms with Gasteiger partial charge >= 0.3 is 0 Å². The van der Waals surface area contributed by atoms with Gasteiger partial charge in [-0.05, 0) is 164 Å². The molecule has 36 heteroatoms. The molecular weight excluding hydrogens is 1530 g/mol. The SMILES string of the molecule is Cc1nc(NC(=O)c2ccc(N3CCN(CCO)CC3)nc2C)nc(-c2ccccn2)n1.Cc1nc(NC(=O)c2ccc(N3CCOCC3)nc2C)nc(-c2ccccn2)n1.Cc1nc(NC(=O)c2ccc(NCCCO)nc2C)nc(-c2ccccn2)n1.Cc1nc(NC(=O)c2ccc(NCc3ccccc3)nc2C)nc(-c2ccccn2)n1. The minimum atomic E-state index is -0.357. The lowest BCUT2D eigenvalue weighted by Gasteiger charge is -2.35. The zero-order chi connectivity index (χ0) is 84.3. The van der Waals surface area contributed by atoms with Crippen molar-refractivity contribution in [2.45, 2.75) is 68.4 Å². The number of nitrogens with one attached hydrogen (secondary N) is 6. The van der Waals surface area contributed by atoms with E-state index in [0.29, 0.717) is 165 Å². The van der Waals surface area contributed by atoms with Crippen molar-refractivity contribution >= 4 is 70.7 Å². The number of aliphatic hydroxyl groups excluding tert-OH is 2. The van der Waals surface area contributed by atoms with Crippen molar-refractivity contribution in [1.29, 1.82) is 0 Å². The maximum atomic E-state index is 12.9. The first-order chi connectivity index (χ1) is 58.3. The number of amides is 4. The Balaban J connectivity index is 0.000000147. The highest BCUT2D eigenvalue weighted by Gasteiger charge is 2.24. The van der Waals surface area contributed by atoms with Crippen LogP contribution in [0.2, 0.25) is 0 Å². The van der Waals surface area contributed by atoms with Crippen LogP contribution in [0, 0.1) is 55.4 Å². The fourth-order valence-electron chi connectivity index (χ4n) is 12.2. The number of benzene rings is 1. The minimum absolute atomic E-state index is 0.109. The van der Waals surface area contributed by atoms with Crippen LogP contribution in [0.4, 0.5) is 47.1 Å². The number of morpholine rings is 1. The molecule has 4 amide bonds. The lowest BCUT2D eigenvalue weighted by atomic mass is 10.2. The molecule has 12 aromatic heterocycles. The summed E-state index contributed by atoms with van der Waals surface area (Å²) in [5, 5.41) is 35.2. The van der Waals surface area contributed by atoms with Crippen LogP contribution in [0.1, 0.15) is 99.5 Å². The molecule has 0 saturated carbocycles. The first-order valence-corrected chi connectivity index (χ1v) is 38.5. The van der Waals surface area contributed by atoms with Crippen LogP contribution in [0.3, 0.4) is 0 Å². The van der Waals surface area contributed by atoms with Crippen LogP contribution < -0.4 is 41.7 Å². The largest absolute Gasteiger partial charge is 0.396 e. The Morgan fingerprint density at radius 1 is 0.350 bits per heavy atom. The number of hydrogen-bond donors (Lipinski definition) is 8. The van der Waals surface area contributed by atoms with Crippen LogP contribution in [-0.2, 0) is 11.3 Å². The molecular formula is C84H89N29O7. The molecule has 14 heterocycles. The maximum Gasteiger partial charge on any atom is 0.259 e. The molecule has 0 unspecified atom stereocenters. The van der Waals surface area contributed by atoms with Crippen LogP contribution in [0.15, 0.2) is 176 Å². The molecule has 0 aliphatic carbocycles. The van der Waals surface area contributed by atoms with Crippen LogP contribution in [-0.4, -0.2) is 217 Å². The van der Waals surface area contributed by atoms with E-state index < -0.39 is 0 Å². The Morgan fingerprint density at radius 2 is 0.692 bits per heavy atom. The van der Waals surface area contributed by atoms with Crippen molar-refractivity contribution in [3.8, 4) is 46.1 Å². The standard InChI is InChI=1S/C23H21N7O.C22H26N8O2.C20H21N7O2.C19H21N7O2/c1-15-18(11-12-20(26-15)25-14-17-8-4-3-5-9-17)22(31)30-23-28-16(2)27-21(29-23)19-10-6-7-13-24-19;1-15-17(6-7-19(24-15)30-11-9-29(10-12-30)13-14-31)21(32)28-22-26-16(2)25-20(27-22)18-5-3-4-8-23-18;1-13-15(6-7-17(22-13)27-9-11-29-12-10-27)19(28)26-20-24-14(2)23-18(25-20)16-5-3-4-8-21-16;1-12-14(7-8-16(22-12)21-10-5-11-27)18(28)26-19-24-13(2)23-17(25-19)15-6-3-4-9-20-15/h3-13H,14H2,1-2H3,(H,25,26)(H,27,28,29,30,31);3-8,31H,9-14H2,1-2H3,(H,25,26,27,28,32);3-8H,9-12H2,1-2H3,(H,23,24,25,26,28);3-4,6-9,27H,5,10-11H2,1-2H3,(H,21,22)(H,23,24,25,26,28). The van der Waals surface area contributed by atoms with Crippen molar-refractivity contribution in [2.75, 3.05) is 120 Å². The Bertz CT molecular complexity index is 5650. The number of hydrogen-bond acceptors (Lipinski definition) is 32. The second kappa shape index (κ2) is 41.8. The molecule has 0 atom stereocenters. The van der Waals surface area contributed by atoms with Gasteiger partial charge in [-0.1, -0.05) is 54.6 Å². The van der Waals surface area contributed by atoms with Gasteiger partial charge in [-0.25, -0.2) is 39.9 Å². The van der Waals surface area contributed by atoms with Gasteiger partial charge in [-0.2, -0.15) is 39.9 Å². The number of pyridine rings is 8. The lowest BCUT2D eigenvalue weighted by molar-refractivity contribution is 0.101. The van der Waals surface area contributed by atoms with E-state index in [0.717, 1.165) is 56.5 Å². The van der Waals surface area contributed by atoms with E-state index in [4.69, 9.17) is 14.9 Å². The van der Waals surface area contributed by atoms with Crippen molar-refractivity contribution < 1.29 is 34.1 Å². The molecule has 8 N–H and O–H groups in total. The second-order valence-electron chi connectivity index (χ2n) is 27.1. The summed E-state index contributed by atoms with van der Waals surface area (Å²) in [7, 11) is 0. The van der Waals surface area contributed by atoms with Crippen LogP contribution in [0.25, 0.3) is 46.1 Å². The van der Waals surface area contributed by atoms with Crippen molar-refractivity contribution in [3.63, 3.8) is 0 Å². The number of β-amino-alcohol motifs (C(OH)–C–C–N with tert-alkyl or cyclic N) is 1. The lowest BCUT2D eigenvalue weighted by Crippen LogP contribution is -2.47. The number of ether oxygens (including phenoxy) is 1. The van der Waals surface area contributed by atoms with E-state index in [2.05, 4.69) is 146 Å². The number of rotatable bonds is 23. The highest BCUT2D eigenvalue weighted by atomic mass is 16.5. The average Bonchev–Trinajstić information content (AvgIpc) is 0.826. The molecule has 0 spiro atoms. The van der Waals surface area contributed by atoms with Gasteiger partial charge < -0.3 is 35.4 Å². The minimum Gasteiger partial charge on any atom is -0.396 e. The van der Waals surface area contributed by atoms with Gasteiger partial charge in [-0.3, -0.25) is 65.3 Å². The molecule has 36 nitrogen and oxygen atoms in total. The smallest absolute Gasteiger partial charge is 0.259 e. The third-order valence-corrected chi connectivity index (χ3v) is 18.2. The van der Waals surface area contributed by atoms with Crippen molar-refractivity contribution in [3.05, 3.63) is 250 Å². The van der Waals surface area contributed by atoms with E-state index in [9.17, 15) is 19.2 Å². The number of aliphatic hydroxyl groups is 2. The fraction of sp³-hybridized carbons (Fsp3) is 0.262. The van der Waals surface area contributed by atoms with Crippen molar-refractivity contribution in [2.24, 2.45) is 0 Å². The number of aryl methyl sites for hydroxylation is 8. The Morgan fingerprint density at radius 3 is 1.02 bits per heavy atom. The number of anilines is 8. The van der Waals surface area contributed by atoms with Gasteiger partial charge in [0, 0.05) is 90.3 Å². The topological polar surface area (TPSA) is 458 Å². The zero-order valence-electron chi connectivity index (χ0n) is 67.4. The quantitative estimate of drug-likeness (QED) is 0.0276. The van der Waals surface area contributed by atoms with E-state index in [-0.39, 0.29) is 60.6 Å². The van der Waals surface area contributed by atoms with Crippen molar-refractivity contribution in [1.82, 2.24) is 105 Å². The van der Waals surface area contributed by atoms with Crippen LogP contribution in [0.5, 0.6) is 0 Å². The number of piperazine rings is 1. The molecule has 13 aromatic rings. The number of carbonyl (C=O) groups is 4. The van der Waals surface area contributed by atoms with E-state index in [1.165, 1.54) is 0 Å². The summed E-state index contributed by atoms with van der Waals surface area (Å²) in [4.78, 5) is 144. The summed E-state index contributed by atoms with van der Waals surface area (Å²) in [6.07, 6.45) is 7.26. The number of aromatic nitrogens is 20. The molecule has 2 saturated heterocycles. The average molecular weight is 1620 g/mol. The van der Waals surface area contributed by atoms with E-state index in [1.807, 2.05) is 98.8 Å². The van der Waals surface area contributed by atoms with E-state index in [1.54, 1.807) is 133 Å². The monoisotopic (exact) mass is 1620 g/mol. The predicted octanol–water partition coefficient (Wildman–Crippen LogP) is 9.15. The maximum absolute atomic E-state index is 12.9. The second-order valence-corrected chi connectivity index (χ2v) is 27.1. The van der Waals surface area contributed by atoms with Gasteiger partial charge in [0.25, 0.3) is 23.6 Å². The summed E-state index contributed by atoms with van der Waals surface area (Å²) in [6.45, 7) is 22.7. The van der Waals surface area contributed by atoms with Crippen LogP contribution >= 0.6 is 0 Å². The zero-order valence-corrected chi connectivity index (χ0v) is 67.4. The van der Waals surface area contributed by atoms with Gasteiger partial charge in [-0.15, -0.1) is 0 Å². The molecule has 15 rings (SSSR count). The Kier molecular flexibility index (Phi) is 29.5. The summed E-state index contributed by atoms with van der Waals surface area (Å²) in [6, 6.07) is 46.1. The van der Waals surface area contributed by atoms with Gasteiger partial charge in [0.05, 0.1) is 64.9 Å². The summed E-state index contributed by atoms with van der Waals surface area (Å²) in [5.74, 6) is 5.92. The Hall–Kier alpha value is -14.6. The highest BCUT2D eigenvalue weighted by Crippen LogP contribution is 2.24. The Labute approximate surface area is 691 Å². The van der Waals surface area contributed by atoms with Gasteiger partial charge in [0.2, 0.25) is 23.8 Å². The predicted molar refractivity (Wildman–Crippen MR) is 452 cm³/mol. The van der Waals surface area contributed by atoms with Gasteiger partial charge in [0.15, 0.2) is 23.3 Å². The molecule has 2 aliphatic heterocycles. The third kappa shape index (κ3) is 24.0. The molecule has 0 bridgehead atoms.